The molecule has 1 aliphatic rings. The number of fused-ring (bicyclic) bond motifs is 1. The molecule has 3 aromatic rings. The Morgan fingerprint density at radius 2 is 2.00 bits per heavy atom. The Kier molecular flexibility index (Phi) is 6.17. The van der Waals surface area contributed by atoms with E-state index >= 15 is 0 Å². The SMILES string of the molecule is CCN1C(=O)/C(=C\c2c(Oc3cc(C)ccc3C(C)C)nc3ccccn3c2=O)SC1=S. The Balaban J connectivity index is 1.91. The van der Waals surface area contributed by atoms with Gasteiger partial charge in [0.05, 0.1) is 4.91 Å². The lowest BCUT2D eigenvalue weighted by molar-refractivity contribution is -0.121. The highest BCUT2D eigenvalue weighted by atomic mass is 32.2. The third kappa shape index (κ3) is 4.08. The monoisotopic (exact) mass is 465 g/mol. The van der Waals surface area contributed by atoms with E-state index in [0.29, 0.717) is 27.2 Å². The standard InChI is InChI=1S/C24H23N3O3S2/c1-5-26-23(29)19(32-24(26)31)13-17-21(25-20-8-6-7-11-27(20)22(17)28)30-18-12-15(4)9-10-16(18)14(2)3/h6-14H,5H2,1-4H3/b19-13+. The number of ether oxygens (including phenoxy) is 1. The van der Waals surface area contributed by atoms with Crippen LogP contribution >= 0.6 is 24.0 Å². The fourth-order valence-electron chi connectivity index (χ4n) is 3.50. The Morgan fingerprint density at radius 3 is 2.69 bits per heavy atom. The molecule has 0 bridgehead atoms. The minimum atomic E-state index is -0.314. The molecule has 0 radical (unpaired) electrons. The number of thiocarbonyl (C=S) groups is 1. The van der Waals surface area contributed by atoms with E-state index in [1.165, 1.54) is 21.1 Å². The van der Waals surface area contributed by atoms with E-state index in [1.807, 2.05) is 38.1 Å². The Bertz CT molecular complexity index is 1330. The van der Waals surface area contributed by atoms with Gasteiger partial charge in [-0.05, 0) is 55.2 Å². The highest BCUT2D eigenvalue weighted by Gasteiger charge is 2.31. The number of carbonyl (C=O) groups excluding carboxylic acids is 1. The van der Waals surface area contributed by atoms with Gasteiger partial charge in [0, 0.05) is 12.7 Å². The summed E-state index contributed by atoms with van der Waals surface area (Å²) in [5.74, 6) is 0.805. The number of carbonyl (C=O) groups is 1. The molecule has 0 spiro atoms. The van der Waals surface area contributed by atoms with Gasteiger partial charge in [-0.2, -0.15) is 4.98 Å². The van der Waals surface area contributed by atoms with E-state index in [4.69, 9.17) is 17.0 Å². The zero-order chi connectivity index (χ0) is 23.0. The highest BCUT2D eigenvalue weighted by molar-refractivity contribution is 8.26. The summed E-state index contributed by atoms with van der Waals surface area (Å²) < 4.78 is 8.18. The van der Waals surface area contributed by atoms with E-state index in [1.54, 1.807) is 24.4 Å². The lowest BCUT2D eigenvalue weighted by atomic mass is 10.0. The number of nitrogens with zero attached hydrogens (tertiary/aromatic N) is 3. The molecule has 0 aliphatic carbocycles. The molecule has 1 aliphatic heterocycles. The van der Waals surface area contributed by atoms with Crippen LogP contribution in [-0.4, -0.2) is 31.1 Å². The van der Waals surface area contributed by atoms with Crippen LogP contribution in [0.4, 0.5) is 0 Å². The summed E-state index contributed by atoms with van der Waals surface area (Å²) in [6.07, 6.45) is 3.19. The minimum Gasteiger partial charge on any atom is -0.438 e. The molecule has 0 saturated carbocycles. The topological polar surface area (TPSA) is 63.9 Å². The molecule has 8 heteroatoms. The number of hydrogen-bond acceptors (Lipinski definition) is 6. The van der Waals surface area contributed by atoms with Gasteiger partial charge < -0.3 is 4.74 Å². The molecular formula is C24H23N3O3S2. The lowest BCUT2D eigenvalue weighted by Gasteiger charge is -2.16. The van der Waals surface area contributed by atoms with Crippen molar-refractivity contribution < 1.29 is 9.53 Å². The van der Waals surface area contributed by atoms with Gasteiger partial charge in [0.25, 0.3) is 11.5 Å². The second kappa shape index (κ2) is 8.88. The molecule has 1 saturated heterocycles. The van der Waals surface area contributed by atoms with Crippen molar-refractivity contribution in [1.82, 2.24) is 14.3 Å². The molecule has 1 fully saturated rings. The summed E-state index contributed by atoms with van der Waals surface area (Å²) in [7, 11) is 0. The van der Waals surface area contributed by atoms with Gasteiger partial charge in [0.2, 0.25) is 5.88 Å². The van der Waals surface area contributed by atoms with Gasteiger partial charge in [-0.15, -0.1) is 0 Å². The van der Waals surface area contributed by atoms with Crippen LogP contribution in [0.15, 0.2) is 52.3 Å². The Morgan fingerprint density at radius 1 is 1.22 bits per heavy atom. The quantitative estimate of drug-likeness (QED) is 0.384. The Labute approximate surface area is 195 Å². The van der Waals surface area contributed by atoms with Crippen LogP contribution in [0.1, 0.15) is 43.4 Å². The van der Waals surface area contributed by atoms with Crippen LogP contribution in [0.3, 0.4) is 0 Å². The van der Waals surface area contributed by atoms with Crippen molar-refractivity contribution in [3.63, 3.8) is 0 Å². The molecule has 1 amide bonds. The summed E-state index contributed by atoms with van der Waals surface area (Å²) in [6.45, 7) is 8.48. The van der Waals surface area contributed by atoms with Crippen LogP contribution in [0.5, 0.6) is 11.6 Å². The zero-order valence-electron chi connectivity index (χ0n) is 18.3. The first-order chi connectivity index (χ1) is 15.3. The molecule has 6 nitrogen and oxygen atoms in total. The van der Waals surface area contributed by atoms with E-state index < -0.39 is 0 Å². The van der Waals surface area contributed by atoms with Gasteiger partial charge in [0.15, 0.2) is 0 Å². The van der Waals surface area contributed by atoms with Crippen molar-refractivity contribution in [3.8, 4) is 11.6 Å². The number of likely N-dealkylation sites (N-methyl/N-ethyl adjacent to an activating group) is 1. The predicted molar refractivity (Wildman–Crippen MR) is 132 cm³/mol. The minimum absolute atomic E-state index is 0.162. The second-order valence-electron chi connectivity index (χ2n) is 7.79. The van der Waals surface area contributed by atoms with Crippen LogP contribution in [0.2, 0.25) is 0 Å². The Hall–Kier alpha value is -2.97. The number of benzene rings is 1. The van der Waals surface area contributed by atoms with E-state index in [2.05, 4.69) is 18.8 Å². The van der Waals surface area contributed by atoms with E-state index in [-0.39, 0.29) is 28.8 Å². The van der Waals surface area contributed by atoms with Crippen molar-refractivity contribution in [2.24, 2.45) is 0 Å². The molecule has 32 heavy (non-hydrogen) atoms. The maximum Gasteiger partial charge on any atom is 0.269 e. The molecular weight excluding hydrogens is 442 g/mol. The van der Waals surface area contributed by atoms with Gasteiger partial charge in [0.1, 0.15) is 21.3 Å². The zero-order valence-corrected chi connectivity index (χ0v) is 19.9. The average Bonchev–Trinajstić information content (AvgIpc) is 3.03. The van der Waals surface area contributed by atoms with Crippen molar-refractivity contribution in [2.75, 3.05) is 6.54 Å². The fourth-order valence-corrected chi connectivity index (χ4v) is 4.86. The largest absolute Gasteiger partial charge is 0.438 e. The van der Waals surface area contributed by atoms with Crippen LogP contribution in [0, 0.1) is 6.92 Å². The molecule has 4 rings (SSSR count). The number of hydrogen-bond donors (Lipinski definition) is 0. The number of rotatable bonds is 5. The fraction of sp³-hybridized carbons (Fsp3) is 0.250. The molecule has 1 aromatic carbocycles. The molecule has 0 N–H and O–H groups in total. The smallest absolute Gasteiger partial charge is 0.269 e. The molecule has 0 atom stereocenters. The first-order valence-corrected chi connectivity index (χ1v) is 11.6. The van der Waals surface area contributed by atoms with Gasteiger partial charge in [-0.25, -0.2) is 0 Å². The van der Waals surface area contributed by atoms with Crippen molar-refractivity contribution in [3.05, 3.63) is 74.5 Å². The molecule has 0 unspecified atom stereocenters. The molecule has 3 heterocycles. The van der Waals surface area contributed by atoms with E-state index in [0.717, 1.165) is 11.1 Å². The first kappa shape index (κ1) is 22.2. The second-order valence-corrected chi connectivity index (χ2v) is 9.46. The maximum atomic E-state index is 13.4. The normalized spacial score (nSPS) is 15.4. The summed E-state index contributed by atoms with van der Waals surface area (Å²) in [4.78, 5) is 32.7. The summed E-state index contributed by atoms with van der Waals surface area (Å²) >= 11 is 6.49. The maximum absolute atomic E-state index is 13.4. The number of aromatic nitrogens is 2. The van der Waals surface area contributed by atoms with Crippen LogP contribution in [-0.2, 0) is 4.79 Å². The van der Waals surface area contributed by atoms with Crippen molar-refractivity contribution in [2.45, 2.75) is 33.6 Å². The third-order valence-electron chi connectivity index (χ3n) is 5.20. The summed E-state index contributed by atoms with van der Waals surface area (Å²) in [6, 6.07) is 11.3. The average molecular weight is 466 g/mol. The molecule has 2 aromatic heterocycles. The number of amides is 1. The van der Waals surface area contributed by atoms with Crippen molar-refractivity contribution in [1.29, 1.82) is 0 Å². The number of thioether (sulfide) groups is 1. The predicted octanol–water partition coefficient (Wildman–Crippen LogP) is 5.14. The van der Waals surface area contributed by atoms with Crippen molar-refractivity contribution >= 4 is 45.9 Å². The van der Waals surface area contributed by atoms with E-state index in [9.17, 15) is 9.59 Å². The number of pyridine rings is 1. The first-order valence-electron chi connectivity index (χ1n) is 10.3. The summed E-state index contributed by atoms with van der Waals surface area (Å²) in [5, 5.41) is 0. The van der Waals surface area contributed by atoms with Gasteiger partial charge >= 0.3 is 0 Å². The van der Waals surface area contributed by atoms with Gasteiger partial charge in [-0.3, -0.25) is 18.9 Å². The number of aryl methyl sites for hydroxylation is 1. The third-order valence-corrected chi connectivity index (χ3v) is 6.57. The molecule has 164 valence electrons. The summed E-state index contributed by atoms with van der Waals surface area (Å²) in [5.41, 5.74) is 2.40. The lowest BCUT2D eigenvalue weighted by Crippen LogP contribution is -2.27. The van der Waals surface area contributed by atoms with Crippen LogP contribution in [0.25, 0.3) is 11.7 Å². The van der Waals surface area contributed by atoms with Gasteiger partial charge in [-0.1, -0.05) is 56.0 Å². The highest BCUT2D eigenvalue weighted by Crippen LogP contribution is 2.35. The van der Waals surface area contributed by atoms with Crippen LogP contribution < -0.4 is 10.3 Å².